The highest BCUT2D eigenvalue weighted by atomic mass is 16.6. The average Bonchev–Trinajstić information content (AvgIpc) is 3.34. The van der Waals surface area contributed by atoms with E-state index in [-0.39, 0.29) is 24.2 Å². The Morgan fingerprint density at radius 2 is 1.58 bits per heavy atom. The van der Waals surface area contributed by atoms with Crippen LogP contribution >= 0.6 is 0 Å². The molecule has 7 rings (SSSR count). The Morgan fingerprint density at radius 1 is 0.939 bits per heavy atom. The van der Waals surface area contributed by atoms with Crippen molar-refractivity contribution >= 4 is 29.7 Å². The van der Waals surface area contributed by atoms with Gasteiger partial charge in [-0.05, 0) is 62.7 Å². The van der Waals surface area contributed by atoms with Gasteiger partial charge in [0.25, 0.3) is 0 Å². The van der Waals surface area contributed by atoms with Crippen LogP contribution in [0.4, 0.5) is 0 Å². The van der Waals surface area contributed by atoms with Crippen LogP contribution in [0.5, 0.6) is 0 Å². The van der Waals surface area contributed by atoms with E-state index in [1.807, 2.05) is 0 Å². The molecule has 0 spiro atoms. The van der Waals surface area contributed by atoms with Crippen molar-refractivity contribution in [2.75, 3.05) is 0 Å². The lowest BCUT2D eigenvalue weighted by Crippen LogP contribution is -2.54. The van der Waals surface area contributed by atoms with Crippen LogP contribution in [-0.2, 0) is 38.2 Å². The van der Waals surface area contributed by atoms with E-state index in [1.165, 1.54) is 19.3 Å². The molecule has 0 aromatic carbocycles. The van der Waals surface area contributed by atoms with E-state index in [2.05, 4.69) is 0 Å². The summed E-state index contributed by atoms with van der Waals surface area (Å²) >= 11 is 0. The molecule has 1 heterocycles. The number of ether oxygens (including phenoxy) is 3. The Bertz CT molecular complexity index is 903. The summed E-state index contributed by atoms with van der Waals surface area (Å²) in [6.45, 7) is 0. The maximum Gasteiger partial charge on any atom is 0.372 e. The van der Waals surface area contributed by atoms with Gasteiger partial charge in [0.2, 0.25) is 5.78 Å². The van der Waals surface area contributed by atoms with Crippen molar-refractivity contribution in [2.45, 2.75) is 75.6 Å². The molecular formula is C24H28O9. The van der Waals surface area contributed by atoms with Crippen LogP contribution in [0.15, 0.2) is 0 Å². The van der Waals surface area contributed by atoms with Gasteiger partial charge in [-0.15, -0.1) is 0 Å². The van der Waals surface area contributed by atoms with Gasteiger partial charge in [-0.1, -0.05) is 0 Å². The van der Waals surface area contributed by atoms with Crippen molar-refractivity contribution in [1.29, 1.82) is 0 Å². The van der Waals surface area contributed by atoms with Crippen molar-refractivity contribution in [3.63, 3.8) is 0 Å². The Hall–Kier alpha value is -2.45. The minimum Gasteiger partial charge on any atom is -0.476 e. The minimum atomic E-state index is -1.59. The third kappa shape index (κ3) is 3.29. The fourth-order valence-corrected chi connectivity index (χ4v) is 8.44. The molecule has 6 saturated carbocycles. The first-order valence-corrected chi connectivity index (χ1v) is 12.1. The van der Waals surface area contributed by atoms with Gasteiger partial charge in [-0.25, -0.2) is 4.79 Å². The SMILES string of the molecule is O=C(CCC(=O)C(=O)O)OC1C2CC3C1OC(=O)C3C2C(=O)OC12CC3CC(CC(C3)C1)C2. The summed E-state index contributed by atoms with van der Waals surface area (Å²) in [5.41, 5.74) is -0.418. The van der Waals surface area contributed by atoms with Crippen LogP contribution in [-0.4, -0.2) is 52.6 Å². The monoisotopic (exact) mass is 460 g/mol. The van der Waals surface area contributed by atoms with Crippen LogP contribution in [0.3, 0.4) is 0 Å². The number of carbonyl (C=O) groups excluding carboxylic acids is 4. The summed E-state index contributed by atoms with van der Waals surface area (Å²) in [7, 11) is 0. The van der Waals surface area contributed by atoms with Gasteiger partial charge in [-0.3, -0.25) is 19.2 Å². The van der Waals surface area contributed by atoms with Gasteiger partial charge >= 0.3 is 23.9 Å². The lowest BCUT2D eigenvalue weighted by Gasteiger charge is -2.56. The molecule has 0 amide bonds. The Labute approximate surface area is 190 Å². The molecule has 0 aromatic heterocycles. The fourth-order valence-electron chi connectivity index (χ4n) is 8.44. The summed E-state index contributed by atoms with van der Waals surface area (Å²) < 4.78 is 17.3. The summed E-state index contributed by atoms with van der Waals surface area (Å²) in [6.07, 6.45) is 4.75. The number of hydrogen-bond donors (Lipinski definition) is 1. The van der Waals surface area contributed by atoms with Crippen molar-refractivity contribution in [3.8, 4) is 0 Å². The molecule has 1 N–H and O–H groups in total. The number of ketones is 1. The first-order valence-electron chi connectivity index (χ1n) is 12.1. The number of carbonyl (C=O) groups is 5. The molecule has 1 saturated heterocycles. The van der Waals surface area contributed by atoms with Crippen LogP contribution in [0.25, 0.3) is 0 Å². The highest BCUT2D eigenvalue weighted by Gasteiger charge is 2.70. The smallest absolute Gasteiger partial charge is 0.372 e. The third-order valence-corrected chi connectivity index (χ3v) is 9.18. The number of hydrogen-bond acceptors (Lipinski definition) is 8. The van der Waals surface area contributed by atoms with Gasteiger partial charge in [0.1, 0.15) is 17.8 Å². The average molecular weight is 460 g/mol. The van der Waals surface area contributed by atoms with Gasteiger partial charge in [0, 0.05) is 18.3 Å². The zero-order chi connectivity index (χ0) is 23.1. The molecule has 6 unspecified atom stereocenters. The van der Waals surface area contributed by atoms with Gasteiger partial charge < -0.3 is 19.3 Å². The molecule has 33 heavy (non-hydrogen) atoms. The van der Waals surface area contributed by atoms with Gasteiger partial charge in [0.15, 0.2) is 0 Å². The number of carboxylic acids is 1. The zero-order valence-corrected chi connectivity index (χ0v) is 18.3. The fraction of sp³-hybridized carbons (Fsp3) is 0.792. The number of Topliss-reactive ketones (excluding diaryl/α,β-unsaturated/α-hetero) is 1. The maximum atomic E-state index is 13.5. The van der Waals surface area contributed by atoms with Crippen LogP contribution < -0.4 is 0 Å². The topological polar surface area (TPSA) is 133 Å². The summed E-state index contributed by atoms with van der Waals surface area (Å²) in [5, 5.41) is 8.68. The molecule has 0 radical (unpaired) electrons. The summed E-state index contributed by atoms with van der Waals surface area (Å²) in [6, 6.07) is 0. The molecule has 1 aliphatic heterocycles. The molecule has 9 nitrogen and oxygen atoms in total. The predicted molar refractivity (Wildman–Crippen MR) is 107 cm³/mol. The first kappa shape index (κ1) is 21.1. The highest BCUT2D eigenvalue weighted by molar-refractivity contribution is 6.32. The Kier molecular flexibility index (Phi) is 4.65. The lowest BCUT2D eigenvalue weighted by atomic mass is 9.54. The van der Waals surface area contributed by atoms with E-state index in [0.29, 0.717) is 24.2 Å². The first-order chi connectivity index (χ1) is 15.7. The molecule has 7 aliphatic rings. The standard InChI is InChI=1S/C24H28O9/c25-15(21(27)28)1-2-16(26)31-19-14-6-13-17(22(29)32-20(13)19)18(14)23(30)33-24-7-10-3-11(8-24)5-12(4-10)9-24/h10-14,17-20H,1-9H2,(H,27,28). The van der Waals surface area contributed by atoms with E-state index in [1.54, 1.807) is 0 Å². The van der Waals surface area contributed by atoms with E-state index in [9.17, 15) is 24.0 Å². The molecule has 0 aromatic rings. The van der Waals surface area contributed by atoms with Gasteiger partial charge in [-0.2, -0.15) is 0 Å². The quantitative estimate of drug-likeness (QED) is 0.342. The predicted octanol–water partition coefficient (Wildman–Crippen LogP) is 1.65. The Balaban J connectivity index is 1.16. The van der Waals surface area contributed by atoms with Crippen LogP contribution in [0.1, 0.15) is 57.8 Å². The van der Waals surface area contributed by atoms with Crippen LogP contribution in [0, 0.1) is 41.4 Å². The molecule has 6 aliphatic carbocycles. The largest absolute Gasteiger partial charge is 0.476 e. The van der Waals surface area contributed by atoms with Crippen molar-refractivity contribution in [2.24, 2.45) is 41.4 Å². The zero-order valence-electron chi connectivity index (χ0n) is 18.3. The summed E-state index contributed by atoms with van der Waals surface area (Å²) in [5.74, 6) is -4.12. The second-order valence-electron chi connectivity index (χ2n) is 11.2. The summed E-state index contributed by atoms with van der Waals surface area (Å²) in [4.78, 5) is 60.4. The lowest BCUT2D eigenvalue weighted by molar-refractivity contribution is -0.196. The number of carboxylic acid groups (broad SMARTS) is 1. The van der Waals surface area contributed by atoms with E-state index < -0.39 is 59.8 Å². The van der Waals surface area contributed by atoms with Crippen molar-refractivity contribution in [1.82, 2.24) is 0 Å². The highest BCUT2D eigenvalue weighted by Crippen LogP contribution is 2.61. The maximum absolute atomic E-state index is 13.5. The number of fused-ring (bicyclic) bond motifs is 1. The van der Waals surface area contributed by atoms with Crippen molar-refractivity contribution in [3.05, 3.63) is 0 Å². The minimum absolute atomic E-state index is 0.185. The molecule has 9 heteroatoms. The van der Waals surface area contributed by atoms with Crippen molar-refractivity contribution < 1.29 is 43.3 Å². The van der Waals surface area contributed by atoms with E-state index >= 15 is 0 Å². The second kappa shape index (κ2) is 7.27. The third-order valence-electron chi connectivity index (χ3n) is 9.18. The molecule has 6 atom stereocenters. The second-order valence-corrected chi connectivity index (χ2v) is 11.2. The van der Waals surface area contributed by atoms with E-state index in [4.69, 9.17) is 19.3 Å². The molecule has 6 bridgehead atoms. The number of esters is 3. The molecule has 178 valence electrons. The number of aliphatic carboxylic acids is 1. The number of rotatable bonds is 7. The Morgan fingerprint density at radius 3 is 2.18 bits per heavy atom. The normalized spacial score (nSPS) is 45.7. The van der Waals surface area contributed by atoms with Gasteiger partial charge in [0.05, 0.1) is 18.3 Å². The van der Waals surface area contributed by atoms with Crippen LogP contribution in [0.2, 0.25) is 0 Å². The van der Waals surface area contributed by atoms with E-state index in [0.717, 1.165) is 19.3 Å². The molecule has 7 fully saturated rings. The molecular weight excluding hydrogens is 432 g/mol.